The largest absolute Gasteiger partial charge is 0.361 e. The van der Waals surface area contributed by atoms with Gasteiger partial charge in [0.1, 0.15) is 6.54 Å². The molecule has 19 heavy (non-hydrogen) atoms. The molecule has 1 aliphatic rings. The Hall–Kier alpha value is -1.75. The van der Waals surface area contributed by atoms with Crippen molar-refractivity contribution in [1.29, 1.82) is 0 Å². The van der Waals surface area contributed by atoms with Crippen molar-refractivity contribution in [2.75, 3.05) is 19.3 Å². The molecule has 0 saturated heterocycles. The molecule has 4 nitrogen and oxygen atoms in total. The zero-order valence-electron chi connectivity index (χ0n) is 10.7. The number of thioether (sulfide) groups is 1. The summed E-state index contributed by atoms with van der Waals surface area (Å²) in [5, 5.41) is 2.07. The fraction of sp³-hybridized carbons (Fsp3) is 0.286. The number of fused-ring (bicyclic) bond motifs is 1. The maximum absolute atomic E-state index is 11.8. The molecule has 98 valence electrons. The molecular weight excluding hydrogens is 258 g/mol. The normalized spacial score (nSPS) is 15.3. The predicted molar refractivity (Wildman–Crippen MR) is 79.5 cm³/mol. The van der Waals surface area contributed by atoms with Crippen LogP contribution < -0.4 is 0 Å². The molecule has 5 heteroatoms. The molecule has 2 aromatic rings. The lowest BCUT2D eigenvalue weighted by molar-refractivity contribution is -0.124. The number of nitrogens with zero attached hydrogens (tertiary/aromatic N) is 2. The first-order valence-electron chi connectivity index (χ1n) is 6.23. The molecule has 0 atom stereocenters. The van der Waals surface area contributed by atoms with Crippen molar-refractivity contribution in [3.05, 3.63) is 36.0 Å². The number of benzene rings is 1. The van der Waals surface area contributed by atoms with Gasteiger partial charge in [-0.05, 0) is 24.3 Å². The Morgan fingerprint density at radius 1 is 1.42 bits per heavy atom. The van der Waals surface area contributed by atoms with Gasteiger partial charge in [-0.3, -0.25) is 14.7 Å². The highest BCUT2D eigenvalue weighted by Crippen LogP contribution is 2.20. The van der Waals surface area contributed by atoms with Crippen molar-refractivity contribution < 1.29 is 4.79 Å². The Morgan fingerprint density at radius 2 is 2.26 bits per heavy atom. The van der Waals surface area contributed by atoms with Crippen LogP contribution >= 0.6 is 11.8 Å². The Bertz CT molecular complexity index is 647. The number of carbonyl (C=O) groups is 1. The molecule has 0 radical (unpaired) electrons. The zero-order chi connectivity index (χ0) is 13.2. The summed E-state index contributed by atoms with van der Waals surface area (Å²) in [5.74, 6) is 0.101. The molecule has 3 rings (SSSR count). The molecule has 1 aromatic heterocycles. The summed E-state index contributed by atoms with van der Waals surface area (Å²) in [7, 11) is 0. The number of para-hydroxylation sites is 1. The molecule has 0 saturated carbocycles. The molecule has 0 fully saturated rings. The average Bonchev–Trinajstić information content (AvgIpc) is 3.00. The van der Waals surface area contributed by atoms with E-state index >= 15 is 0 Å². The Morgan fingerprint density at radius 3 is 3.11 bits per heavy atom. The van der Waals surface area contributed by atoms with E-state index in [1.54, 1.807) is 4.90 Å². The van der Waals surface area contributed by atoms with Gasteiger partial charge in [-0.15, -0.1) is 0 Å². The quantitative estimate of drug-likeness (QED) is 0.932. The molecule has 2 heterocycles. The molecule has 0 unspecified atom stereocenters. The second-order valence-corrected chi connectivity index (χ2v) is 5.23. The number of rotatable bonds is 3. The van der Waals surface area contributed by atoms with E-state index in [1.807, 2.05) is 24.6 Å². The summed E-state index contributed by atoms with van der Waals surface area (Å²) >= 11 is 1.53. The SMILES string of the molecule is CSC1=NCC(=O)N1CCc1c[nH]c2ccccc12. The maximum atomic E-state index is 11.8. The molecule has 0 spiro atoms. The first-order chi connectivity index (χ1) is 9.29. The van der Waals surface area contributed by atoms with Crippen molar-refractivity contribution >= 4 is 33.7 Å². The number of H-pyrrole nitrogens is 1. The highest BCUT2D eigenvalue weighted by atomic mass is 32.2. The average molecular weight is 273 g/mol. The zero-order valence-corrected chi connectivity index (χ0v) is 11.5. The number of aromatic amines is 1. The minimum Gasteiger partial charge on any atom is -0.361 e. The fourth-order valence-electron chi connectivity index (χ4n) is 2.38. The molecule has 1 amide bonds. The third-order valence-electron chi connectivity index (χ3n) is 3.34. The van der Waals surface area contributed by atoms with Crippen molar-refractivity contribution in [3.8, 4) is 0 Å². The van der Waals surface area contributed by atoms with Crippen LogP contribution in [-0.2, 0) is 11.2 Å². The van der Waals surface area contributed by atoms with Gasteiger partial charge >= 0.3 is 0 Å². The molecular formula is C14H15N3OS. The number of nitrogens with one attached hydrogen (secondary N) is 1. The second-order valence-electron chi connectivity index (χ2n) is 4.46. The standard InChI is InChI=1S/C14H15N3OS/c1-19-14-16-9-13(18)17(14)7-6-10-8-15-12-5-3-2-4-11(10)12/h2-5,8,15H,6-7,9H2,1H3. The number of hydrogen-bond donors (Lipinski definition) is 1. The van der Waals surface area contributed by atoms with E-state index in [-0.39, 0.29) is 5.91 Å². The minimum atomic E-state index is 0.101. The monoisotopic (exact) mass is 273 g/mol. The van der Waals surface area contributed by atoms with Crippen molar-refractivity contribution in [2.24, 2.45) is 4.99 Å². The van der Waals surface area contributed by atoms with Gasteiger partial charge in [0.05, 0.1) is 0 Å². The lowest BCUT2D eigenvalue weighted by Crippen LogP contribution is -2.32. The number of amidine groups is 1. The van der Waals surface area contributed by atoms with Crippen LogP contribution in [0.25, 0.3) is 10.9 Å². The van der Waals surface area contributed by atoms with Gasteiger partial charge in [0.15, 0.2) is 5.17 Å². The smallest absolute Gasteiger partial charge is 0.250 e. The van der Waals surface area contributed by atoms with Crippen LogP contribution in [0.15, 0.2) is 35.5 Å². The summed E-state index contributed by atoms with van der Waals surface area (Å²) in [6.45, 7) is 0.990. The molecule has 1 N–H and O–H groups in total. The third kappa shape index (κ3) is 2.26. The van der Waals surface area contributed by atoms with Gasteiger partial charge in [0, 0.05) is 23.6 Å². The lowest BCUT2D eigenvalue weighted by atomic mass is 10.1. The first kappa shape index (κ1) is 12.3. The van der Waals surface area contributed by atoms with Crippen molar-refractivity contribution in [1.82, 2.24) is 9.88 Å². The predicted octanol–water partition coefficient (Wildman–Crippen LogP) is 2.27. The van der Waals surface area contributed by atoms with Gasteiger partial charge in [-0.25, -0.2) is 0 Å². The van der Waals surface area contributed by atoms with Crippen LogP contribution in [0, 0.1) is 0 Å². The summed E-state index contributed by atoms with van der Waals surface area (Å²) in [6.07, 6.45) is 4.83. The van der Waals surface area contributed by atoms with Crippen molar-refractivity contribution in [2.45, 2.75) is 6.42 Å². The van der Waals surface area contributed by atoms with E-state index in [4.69, 9.17) is 0 Å². The number of carbonyl (C=O) groups excluding carboxylic acids is 1. The second kappa shape index (κ2) is 5.09. The first-order valence-corrected chi connectivity index (χ1v) is 7.46. The summed E-state index contributed by atoms with van der Waals surface area (Å²) < 4.78 is 0. The highest BCUT2D eigenvalue weighted by Gasteiger charge is 2.24. The molecule has 1 aromatic carbocycles. The number of hydrogen-bond acceptors (Lipinski definition) is 3. The van der Waals surface area contributed by atoms with Gasteiger partial charge in [0.2, 0.25) is 5.91 Å². The summed E-state index contributed by atoms with van der Waals surface area (Å²) in [5.41, 5.74) is 2.39. The van der Waals surface area contributed by atoms with Crippen LogP contribution in [0.4, 0.5) is 0 Å². The van der Waals surface area contributed by atoms with Crippen molar-refractivity contribution in [3.63, 3.8) is 0 Å². The van der Waals surface area contributed by atoms with Gasteiger partial charge in [0.25, 0.3) is 0 Å². The topological polar surface area (TPSA) is 48.5 Å². The summed E-state index contributed by atoms with van der Waals surface area (Å²) in [4.78, 5) is 21.0. The Balaban J connectivity index is 1.76. The van der Waals surface area contributed by atoms with E-state index < -0.39 is 0 Å². The number of amides is 1. The highest BCUT2D eigenvalue weighted by molar-refractivity contribution is 8.13. The van der Waals surface area contributed by atoms with E-state index in [2.05, 4.69) is 22.1 Å². The lowest BCUT2D eigenvalue weighted by Gasteiger charge is -2.16. The maximum Gasteiger partial charge on any atom is 0.250 e. The van der Waals surface area contributed by atoms with E-state index in [0.29, 0.717) is 13.1 Å². The van der Waals surface area contributed by atoms with Crippen LogP contribution in [0.2, 0.25) is 0 Å². The number of aliphatic imine (C=N–C) groups is 1. The summed E-state index contributed by atoms with van der Waals surface area (Å²) in [6, 6.07) is 8.23. The van der Waals surface area contributed by atoms with Gasteiger partial charge in [-0.1, -0.05) is 30.0 Å². The third-order valence-corrected chi connectivity index (χ3v) is 4.06. The minimum absolute atomic E-state index is 0.101. The van der Waals surface area contributed by atoms with Crippen LogP contribution in [-0.4, -0.2) is 40.3 Å². The number of aromatic nitrogens is 1. The van der Waals surface area contributed by atoms with E-state index in [0.717, 1.165) is 17.1 Å². The van der Waals surface area contributed by atoms with Gasteiger partial charge in [-0.2, -0.15) is 0 Å². The van der Waals surface area contributed by atoms with E-state index in [9.17, 15) is 4.79 Å². The Kier molecular flexibility index (Phi) is 3.29. The van der Waals surface area contributed by atoms with Crippen LogP contribution in [0.1, 0.15) is 5.56 Å². The molecule has 0 bridgehead atoms. The molecule has 1 aliphatic heterocycles. The van der Waals surface area contributed by atoms with Gasteiger partial charge < -0.3 is 4.98 Å². The Labute approximate surface area is 115 Å². The van der Waals surface area contributed by atoms with E-state index in [1.165, 1.54) is 22.7 Å². The van der Waals surface area contributed by atoms with Crippen LogP contribution in [0.3, 0.4) is 0 Å². The molecule has 0 aliphatic carbocycles. The fourth-order valence-corrected chi connectivity index (χ4v) is 2.99. The van der Waals surface area contributed by atoms with Crippen LogP contribution in [0.5, 0.6) is 0 Å².